The van der Waals surface area contributed by atoms with Gasteiger partial charge in [0.25, 0.3) is 5.91 Å². The molecule has 28 heavy (non-hydrogen) atoms. The van der Waals surface area contributed by atoms with Crippen molar-refractivity contribution in [2.75, 3.05) is 38.3 Å². The molecule has 0 unspecified atom stereocenters. The van der Waals surface area contributed by atoms with Crippen LogP contribution in [-0.4, -0.2) is 44.8 Å². The van der Waals surface area contributed by atoms with Crippen molar-refractivity contribution in [3.63, 3.8) is 0 Å². The molecule has 0 aliphatic carbocycles. The minimum absolute atomic E-state index is 0.140. The molecule has 0 aliphatic rings. The summed E-state index contributed by atoms with van der Waals surface area (Å²) in [6, 6.07) is 6.64. The molecule has 0 saturated heterocycles. The molecule has 1 rings (SSSR count). The quantitative estimate of drug-likeness (QED) is 0.255. The first-order valence-electron chi connectivity index (χ1n) is 8.89. The number of allylic oxidation sites excluding steroid dienone is 3. The standard InChI is InChI=1S/C19H29N5O4/c1-14(21)6-7-17(22)24-19(26)15-4-2-3-5-16(15)23-18(25)8-10-27-12-13-28-11-9-20/h2-7H,8-13,20-22H2,1H3,(H,23,25)(H,24,26)/b14-6-,17-7+. The van der Waals surface area contributed by atoms with Crippen molar-refractivity contribution in [1.29, 1.82) is 0 Å². The number of rotatable bonds is 12. The van der Waals surface area contributed by atoms with E-state index >= 15 is 0 Å². The summed E-state index contributed by atoms with van der Waals surface area (Å²) in [4.78, 5) is 24.5. The summed E-state index contributed by atoms with van der Waals surface area (Å²) in [5, 5.41) is 5.25. The van der Waals surface area contributed by atoms with Gasteiger partial charge in [0, 0.05) is 12.2 Å². The fourth-order valence-electron chi connectivity index (χ4n) is 2.03. The molecule has 2 amide bonds. The maximum absolute atomic E-state index is 12.4. The Balaban J connectivity index is 2.54. The predicted octanol–water partition coefficient (Wildman–Crippen LogP) is 0.400. The number of nitrogens with two attached hydrogens (primary N) is 3. The van der Waals surface area contributed by atoms with Crippen LogP contribution in [0.1, 0.15) is 23.7 Å². The Bertz CT molecular complexity index is 699. The Morgan fingerprint density at radius 2 is 1.71 bits per heavy atom. The lowest BCUT2D eigenvalue weighted by molar-refractivity contribution is -0.117. The lowest BCUT2D eigenvalue weighted by atomic mass is 10.1. The maximum Gasteiger partial charge on any atom is 0.258 e. The normalized spacial score (nSPS) is 11.9. The van der Waals surface area contributed by atoms with E-state index in [4.69, 9.17) is 26.7 Å². The second-order valence-corrected chi connectivity index (χ2v) is 5.84. The fourth-order valence-corrected chi connectivity index (χ4v) is 2.03. The molecule has 0 spiro atoms. The SMILES string of the molecule is C/C(N)=C/C=C(\N)NC(=O)c1ccccc1NC(=O)CCOCCOCCN. The molecule has 0 aromatic heterocycles. The van der Waals surface area contributed by atoms with Gasteiger partial charge in [0.1, 0.15) is 5.82 Å². The van der Waals surface area contributed by atoms with Crippen molar-refractivity contribution in [3.8, 4) is 0 Å². The van der Waals surface area contributed by atoms with Gasteiger partial charge in [-0.25, -0.2) is 0 Å². The highest BCUT2D eigenvalue weighted by molar-refractivity contribution is 6.04. The third-order valence-corrected chi connectivity index (χ3v) is 3.34. The first-order chi connectivity index (χ1) is 13.4. The summed E-state index contributed by atoms with van der Waals surface area (Å²) in [7, 11) is 0. The molecule has 0 aliphatic heterocycles. The Hall–Kier alpha value is -2.88. The van der Waals surface area contributed by atoms with E-state index in [0.717, 1.165) is 0 Å². The summed E-state index contributed by atoms with van der Waals surface area (Å²) in [5.41, 5.74) is 17.8. The van der Waals surface area contributed by atoms with Crippen LogP contribution in [0.5, 0.6) is 0 Å². The first-order valence-corrected chi connectivity index (χ1v) is 8.89. The smallest absolute Gasteiger partial charge is 0.258 e. The number of para-hydroxylation sites is 1. The van der Waals surface area contributed by atoms with Crippen LogP contribution in [0.25, 0.3) is 0 Å². The molecule has 0 bridgehead atoms. The zero-order valence-electron chi connectivity index (χ0n) is 16.1. The van der Waals surface area contributed by atoms with Gasteiger partial charge >= 0.3 is 0 Å². The van der Waals surface area contributed by atoms with E-state index in [1.807, 2.05) is 0 Å². The van der Waals surface area contributed by atoms with Gasteiger partial charge in [-0.2, -0.15) is 0 Å². The lowest BCUT2D eigenvalue weighted by Crippen LogP contribution is -2.28. The van der Waals surface area contributed by atoms with Gasteiger partial charge in [-0.1, -0.05) is 12.1 Å². The van der Waals surface area contributed by atoms with Gasteiger partial charge in [-0.15, -0.1) is 0 Å². The molecular weight excluding hydrogens is 362 g/mol. The number of hydrogen-bond acceptors (Lipinski definition) is 7. The molecule has 0 radical (unpaired) electrons. The van der Waals surface area contributed by atoms with Crippen LogP contribution in [-0.2, 0) is 14.3 Å². The molecule has 154 valence electrons. The Morgan fingerprint density at radius 1 is 1.04 bits per heavy atom. The number of amides is 2. The molecule has 0 saturated carbocycles. The fraction of sp³-hybridized carbons (Fsp3) is 0.368. The monoisotopic (exact) mass is 391 g/mol. The van der Waals surface area contributed by atoms with Gasteiger partial charge in [0.15, 0.2) is 0 Å². The third kappa shape index (κ3) is 9.72. The van der Waals surface area contributed by atoms with Crippen molar-refractivity contribution in [1.82, 2.24) is 5.32 Å². The summed E-state index contributed by atoms with van der Waals surface area (Å²) >= 11 is 0. The van der Waals surface area contributed by atoms with E-state index < -0.39 is 5.91 Å². The van der Waals surface area contributed by atoms with Gasteiger partial charge in [0.05, 0.1) is 44.1 Å². The van der Waals surface area contributed by atoms with E-state index in [1.54, 1.807) is 37.3 Å². The zero-order chi connectivity index (χ0) is 20.8. The minimum Gasteiger partial charge on any atom is -0.402 e. The van der Waals surface area contributed by atoms with Crippen LogP contribution in [0.4, 0.5) is 5.69 Å². The second-order valence-electron chi connectivity index (χ2n) is 5.84. The van der Waals surface area contributed by atoms with Crippen LogP contribution < -0.4 is 27.8 Å². The Labute approximate surface area is 164 Å². The molecule has 1 aromatic rings. The molecule has 0 fully saturated rings. The Morgan fingerprint density at radius 3 is 2.39 bits per heavy atom. The number of carbonyl (C=O) groups is 2. The number of nitrogens with one attached hydrogen (secondary N) is 2. The first kappa shape index (κ1) is 23.2. The van der Waals surface area contributed by atoms with Crippen LogP contribution in [0.15, 0.2) is 47.9 Å². The summed E-state index contributed by atoms with van der Waals surface area (Å²) < 4.78 is 10.5. The molecule has 0 heterocycles. The van der Waals surface area contributed by atoms with E-state index in [0.29, 0.717) is 37.7 Å². The van der Waals surface area contributed by atoms with Crippen molar-refractivity contribution < 1.29 is 19.1 Å². The van der Waals surface area contributed by atoms with Gasteiger partial charge in [-0.3, -0.25) is 9.59 Å². The van der Waals surface area contributed by atoms with E-state index in [9.17, 15) is 9.59 Å². The average Bonchev–Trinajstić information content (AvgIpc) is 2.66. The van der Waals surface area contributed by atoms with Gasteiger partial charge in [0.2, 0.25) is 5.91 Å². The van der Waals surface area contributed by atoms with E-state index in [1.165, 1.54) is 6.08 Å². The summed E-state index contributed by atoms with van der Waals surface area (Å²) in [6.45, 7) is 3.69. The number of hydrogen-bond donors (Lipinski definition) is 5. The highest BCUT2D eigenvalue weighted by Gasteiger charge is 2.13. The minimum atomic E-state index is -0.443. The summed E-state index contributed by atoms with van der Waals surface area (Å²) in [6.07, 6.45) is 3.21. The highest BCUT2D eigenvalue weighted by Crippen LogP contribution is 2.15. The molecule has 1 aromatic carbocycles. The van der Waals surface area contributed by atoms with Gasteiger partial charge in [-0.05, 0) is 31.2 Å². The van der Waals surface area contributed by atoms with Crippen molar-refractivity contribution in [3.05, 3.63) is 53.5 Å². The van der Waals surface area contributed by atoms with Crippen LogP contribution in [0, 0.1) is 0 Å². The number of carbonyl (C=O) groups excluding carboxylic acids is 2. The van der Waals surface area contributed by atoms with Crippen LogP contribution in [0.3, 0.4) is 0 Å². The summed E-state index contributed by atoms with van der Waals surface area (Å²) in [5.74, 6) is -0.574. The maximum atomic E-state index is 12.4. The van der Waals surface area contributed by atoms with E-state index in [-0.39, 0.29) is 30.3 Å². The van der Waals surface area contributed by atoms with E-state index in [2.05, 4.69) is 10.6 Å². The average molecular weight is 391 g/mol. The third-order valence-electron chi connectivity index (χ3n) is 3.34. The molecule has 0 atom stereocenters. The second kappa shape index (κ2) is 13.3. The molecule has 8 N–H and O–H groups in total. The highest BCUT2D eigenvalue weighted by atomic mass is 16.5. The molecule has 9 heteroatoms. The van der Waals surface area contributed by atoms with Crippen LogP contribution in [0.2, 0.25) is 0 Å². The predicted molar refractivity (Wildman–Crippen MR) is 108 cm³/mol. The Kier molecular flexibility index (Phi) is 11.0. The van der Waals surface area contributed by atoms with Crippen molar-refractivity contribution >= 4 is 17.5 Å². The van der Waals surface area contributed by atoms with Crippen molar-refractivity contribution in [2.45, 2.75) is 13.3 Å². The largest absolute Gasteiger partial charge is 0.402 e. The number of benzene rings is 1. The van der Waals surface area contributed by atoms with Crippen LogP contribution >= 0.6 is 0 Å². The van der Waals surface area contributed by atoms with Gasteiger partial charge < -0.3 is 37.3 Å². The molecule has 9 nitrogen and oxygen atoms in total. The zero-order valence-corrected chi connectivity index (χ0v) is 16.1. The molecular formula is C19H29N5O4. The van der Waals surface area contributed by atoms with Crippen molar-refractivity contribution in [2.24, 2.45) is 17.2 Å². The number of ether oxygens (including phenoxy) is 2. The lowest BCUT2D eigenvalue weighted by Gasteiger charge is -2.11. The number of anilines is 1. The topological polar surface area (TPSA) is 155 Å².